The van der Waals surface area contributed by atoms with Gasteiger partial charge in [-0.3, -0.25) is 4.79 Å². The van der Waals surface area contributed by atoms with Crippen LogP contribution in [0.4, 0.5) is 23.0 Å². The zero-order valence-electron chi connectivity index (χ0n) is 14.9. The maximum Gasteiger partial charge on any atom is 0.247 e. The third-order valence-electron chi connectivity index (χ3n) is 4.32. The van der Waals surface area contributed by atoms with Crippen LogP contribution in [0.2, 0.25) is 0 Å². The molecule has 2 aliphatic rings. The predicted octanol–water partition coefficient (Wildman–Crippen LogP) is 2.69. The molecular formula is C18H21N5O3. The SMILES string of the molecule is Cc1nc(Nc2ccc3c(c2)OCCO3)c2c(n1)NC(C(C)C)C(=O)N2. The van der Waals surface area contributed by atoms with Crippen LogP contribution in [0.3, 0.4) is 0 Å². The third-order valence-corrected chi connectivity index (χ3v) is 4.32. The Kier molecular flexibility index (Phi) is 4.02. The van der Waals surface area contributed by atoms with Crippen molar-refractivity contribution in [1.29, 1.82) is 0 Å². The number of hydrogen-bond acceptors (Lipinski definition) is 7. The molecule has 1 aromatic heterocycles. The van der Waals surface area contributed by atoms with Crippen molar-refractivity contribution in [3.8, 4) is 11.5 Å². The molecule has 0 radical (unpaired) electrons. The Morgan fingerprint density at radius 2 is 1.96 bits per heavy atom. The first kappa shape index (κ1) is 16.4. The molecule has 8 nitrogen and oxygen atoms in total. The van der Waals surface area contributed by atoms with Gasteiger partial charge in [0.2, 0.25) is 5.91 Å². The fourth-order valence-corrected chi connectivity index (χ4v) is 3.03. The summed E-state index contributed by atoms with van der Waals surface area (Å²) in [7, 11) is 0. The van der Waals surface area contributed by atoms with Crippen molar-refractivity contribution in [2.45, 2.75) is 26.8 Å². The van der Waals surface area contributed by atoms with Gasteiger partial charge in [-0.25, -0.2) is 9.97 Å². The van der Waals surface area contributed by atoms with Crippen LogP contribution < -0.4 is 25.4 Å². The normalized spacial score (nSPS) is 18.0. The number of benzene rings is 1. The molecule has 1 atom stereocenters. The first-order chi connectivity index (χ1) is 12.5. The number of carbonyl (C=O) groups excluding carboxylic acids is 1. The van der Waals surface area contributed by atoms with Crippen LogP contribution in [0.5, 0.6) is 11.5 Å². The zero-order valence-corrected chi connectivity index (χ0v) is 14.9. The molecule has 0 aliphatic carbocycles. The average molecular weight is 355 g/mol. The van der Waals surface area contributed by atoms with Crippen molar-refractivity contribution in [2.75, 3.05) is 29.2 Å². The lowest BCUT2D eigenvalue weighted by Crippen LogP contribution is -2.43. The van der Waals surface area contributed by atoms with E-state index in [-0.39, 0.29) is 17.9 Å². The summed E-state index contributed by atoms with van der Waals surface area (Å²) in [4.78, 5) is 21.3. The maximum atomic E-state index is 12.4. The minimum Gasteiger partial charge on any atom is -0.486 e. The number of aryl methyl sites for hydroxylation is 1. The fraction of sp³-hybridized carbons (Fsp3) is 0.389. The Balaban J connectivity index is 1.67. The van der Waals surface area contributed by atoms with E-state index in [2.05, 4.69) is 25.9 Å². The van der Waals surface area contributed by atoms with Gasteiger partial charge in [0.05, 0.1) is 0 Å². The van der Waals surface area contributed by atoms with Crippen molar-refractivity contribution in [1.82, 2.24) is 9.97 Å². The number of fused-ring (bicyclic) bond motifs is 2. The van der Waals surface area contributed by atoms with Gasteiger partial charge in [-0.2, -0.15) is 0 Å². The van der Waals surface area contributed by atoms with Crippen molar-refractivity contribution in [3.05, 3.63) is 24.0 Å². The highest BCUT2D eigenvalue weighted by Gasteiger charge is 2.31. The number of nitrogens with one attached hydrogen (secondary N) is 3. The van der Waals surface area contributed by atoms with E-state index in [9.17, 15) is 4.79 Å². The predicted molar refractivity (Wildman–Crippen MR) is 98.4 cm³/mol. The number of amides is 1. The van der Waals surface area contributed by atoms with Crippen molar-refractivity contribution in [3.63, 3.8) is 0 Å². The molecular weight excluding hydrogens is 334 g/mol. The second-order valence-electron chi connectivity index (χ2n) is 6.68. The molecule has 2 aliphatic heterocycles. The van der Waals surface area contributed by atoms with E-state index in [4.69, 9.17) is 9.47 Å². The summed E-state index contributed by atoms with van der Waals surface area (Å²) in [6.07, 6.45) is 0. The highest BCUT2D eigenvalue weighted by molar-refractivity contribution is 6.05. The van der Waals surface area contributed by atoms with E-state index < -0.39 is 0 Å². The van der Waals surface area contributed by atoms with E-state index >= 15 is 0 Å². The summed E-state index contributed by atoms with van der Waals surface area (Å²) in [5.74, 6) is 3.22. The van der Waals surface area contributed by atoms with Gasteiger partial charge in [-0.05, 0) is 25.0 Å². The molecule has 0 fully saturated rings. The second kappa shape index (κ2) is 6.36. The molecule has 3 N–H and O–H groups in total. The maximum absolute atomic E-state index is 12.4. The van der Waals surface area contributed by atoms with E-state index in [0.717, 1.165) is 11.4 Å². The molecule has 2 aromatic rings. The standard InChI is InChI=1S/C18H21N5O3/c1-9(2)14-18(24)23-15-16(19-10(3)20-17(15)22-14)21-11-4-5-12-13(8-11)26-7-6-25-12/h4-5,8-9,14H,6-7H2,1-3H3,(H,23,24)(H2,19,20,21,22). The number of ether oxygens (including phenoxy) is 2. The van der Waals surface area contributed by atoms with Gasteiger partial charge in [-0.1, -0.05) is 13.8 Å². The van der Waals surface area contributed by atoms with Gasteiger partial charge in [0.1, 0.15) is 30.8 Å². The Morgan fingerprint density at radius 1 is 1.19 bits per heavy atom. The Hall–Kier alpha value is -3.03. The van der Waals surface area contributed by atoms with Crippen LogP contribution in [-0.2, 0) is 4.79 Å². The van der Waals surface area contributed by atoms with E-state index in [1.54, 1.807) is 0 Å². The topological polar surface area (TPSA) is 97.4 Å². The van der Waals surface area contributed by atoms with Gasteiger partial charge in [0.15, 0.2) is 23.1 Å². The minimum atomic E-state index is -0.320. The first-order valence-corrected chi connectivity index (χ1v) is 8.64. The Morgan fingerprint density at radius 3 is 2.73 bits per heavy atom. The molecule has 0 bridgehead atoms. The molecule has 8 heteroatoms. The first-order valence-electron chi connectivity index (χ1n) is 8.64. The summed E-state index contributed by atoms with van der Waals surface area (Å²) >= 11 is 0. The smallest absolute Gasteiger partial charge is 0.247 e. The molecule has 4 rings (SSSR count). The van der Waals surface area contributed by atoms with Crippen molar-refractivity contribution < 1.29 is 14.3 Å². The number of hydrogen-bond donors (Lipinski definition) is 3. The molecule has 0 saturated heterocycles. The lowest BCUT2D eigenvalue weighted by molar-refractivity contribution is -0.117. The summed E-state index contributed by atoms with van der Waals surface area (Å²) in [6.45, 7) is 6.87. The van der Waals surface area contributed by atoms with Crippen LogP contribution in [0.15, 0.2) is 18.2 Å². The van der Waals surface area contributed by atoms with Crippen molar-refractivity contribution >= 4 is 28.9 Å². The lowest BCUT2D eigenvalue weighted by Gasteiger charge is -2.29. The summed E-state index contributed by atoms with van der Waals surface area (Å²) in [5.41, 5.74) is 1.34. The van der Waals surface area contributed by atoms with E-state index in [0.29, 0.717) is 42.1 Å². The Labute approximate surface area is 151 Å². The van der Waals surface area contributed by atoms with E-state index in [1.807, 2.05) is 39.0 Å². The average Bonchev–Trinajstić information content (AvgIpc) is 2.61. The van der Waals surface area contributed by atoms with Crippen LogP contribution in [0.25, 0.3) is 0 Å². The fourth-order valence-electron chi connectivity index (χ4n) is 3.03. The van der Waals surface area contributed by atoms with Crippen LogP contribution in [0, 0.1) is 12.8 Å². The number of carbonyl (C=O) groups is 1. The molecule has 1 aromatic carbocycles. The molecule has 136 valence electrons. The monoisotopic (exact) mass is 355 g/mol. The lowest BCUT2D eigenvalue weighted by atomic mass is 10.0. The highest BCUT2D eigenvalue weighted by Crippen LogP contribution is 2.37. The Bertz CT molecular complexity index is 868. The van der Waals surface area contributed by atoms with Gasteiger partial charge >= 0.3 is 0 Å². The number of aromatic nitrogens is 2. The molecule has 1 amide bonds. The largest absolute Gasteiger partial charge is 0.486 e. The van der Waals surface area contributed by atoms with Gasteiger partial charge in [-0.15, -0.1) is 0 Å². The summed E-state index contributed by atoms with van der Waals surface area (Å²) < 4.78 is 11.2. The second-order valence-corrected chi connectivity index (χ2v) is 6.68. The highest BCUT2D eigenvalue weighted by atomic mass is 16.6. The molecule has 0 spiro atoms. The van der Waals surface area contributed by atoms with Crippen LogP contribution >= 0.6 is 0 Å². The molecule has 26 heavy (non-hydrogen) atoms. The molecule has 1 unspecified atom stereocenters. The molecule has 0 saturated carbocycles. The third kappa shape index (κ3) is 2.98. The number of anilines is 4. The van der Waals surface area contributed by atoms with Crippen LogP contribution in [0.1, 0.15) is 19.7 Å². The zero-order chi connectivity index (χ0) is 18.3. The van der Waals surface area contributed by atoms with Gasteiger partial charge < -0.3 is 25.4 Å². The minimum absolute atomic E-state index is 0.0924. The quantitative estimate of drug-likeness (QED) is 0.779. The van der Waals surface area contributed by atoms with Crippen LogP contribution in [-0.4, -0.2) is 35.1 Å². The molecule has 3 heterocycles. The van der Waals surface area contributed by atoms with E-state index in [1.165, 1.54) is 0 Å². The van der Waals surface area contributed by atoms with Gasteiger partial charge in [0, 0.05) is 11.8 Å². The van der Waals surface area contributed by atoms with Crippen molar-refractivity contribution in [2.24, 2.45) is 5.92 Å². The van der Waals surface area contributed by atoms with Gasteiger partial charge in [0.25, 0.3) is 0 Å². The summed E-state index contributed by atoms with van der Waals surface area (Å²) in [6, 6.07) is 5.27. The summed E-state index contributed by atoms with van der Waals surface area (Å²) in [5, 5.41) is 9.39. The number of rotatable bonds is 3. The number of nitrogens with zero attached hydrogens (tertiary/aromatic N) is 2.